The van der Waals surface area contributed by atoms with Crippen molar-refractivity contribution in [2.24, 2.45) is 10.9 Å². The van der Waals surface area contributed by atoms with Crippen LogP contribution >= 0.6 is 11.8 Å². The molecule has 1 unspecified atom stereocenters. The van der Waals surface area contributed by atoms with Gasteiger partial charge in [0.15, 0.2) is 5.96 Å². The Labute approximate surface area is 164 Å². The van der Waals surface area contributed by atoms with E-state index in [2.05, 4.69) is 40.6 Å². The topological polar surface area (TPSA) is 66.0 Å². The molecule has 0 aromatic carbocycles. The molecule has 0 heterocycles. The zero-order valence-corrected chi connectivity index (χ0v) is 18.8. The standard InChI is InChI=1S/C19H40N4O2S/c1-15(2)16(22-18(24)25-19(3,4)5)11-13-23(7)17(20-6)21-12-9-10-14-26-8/h15-16H,9-14H2,1-8H3,(H,20,21)(H,22,24). The lowest BCUT2D eigenvalue weighted by Crippen LogP contribution is -2.45. The van der Waals surface area contributed by atoms with Gasteiger partial charge in [-0.15, -0.1) is 0 Å². The predicted molar refractivity (Wildman–Crippen MR) is 114 cm³/mol. The number of guanidine groups is 1. The van der Waals surface area contributed by atoms with Crippen LogP contribution in [-0.2, 0) is 4.74 Å². The van der Waals surface area contributed by atoms with E-state index in [1.807, 2.05) is 39.6 Å². The maximum absolute atomic E-state index is 12.1. The zero-order chi connectivity index (χ0) is 20.2. The second-order valence-electron chi connectivity index (χ2n) is 7.88. The summed E-state index contributed by atoms with van der Waals surface area (Å²) in [7, 11) is 3.84. The highest BCUT2D eigenvalue weighted by atomic mass is 32.2. The van der Waals surface area contributed by atoms with E-state index in [1.165, 1.54) is 12.2 Å². The Bertz CT molecular complexity index is 422. The molecule has 0 rings (SSSR count). The summed E-state index contributed by atoms with van der Waals surface area (Å²) >= 11 is 1.88. The van der Waals surface area contributed by atoms with Gasteiger partial charge in [-0.25, -0.2) is 4.79 Å². The first-order chi connectivity index (χ1) is 12.1. The maximum atomic E-state index is 12.1. The number of carbonyl (C=O) groups excluding carboxylic acids is 1. The van der Waals surface area contributed by atoms with E-state index < -0.39 is 5.60 Å². The van der Waals surface area contributed by atoms with E-state index in [9.17, 15) is 4.79 Å². The van der Waals surface area contributed by atoms with Gasteiger partial charge in [0, 0.05) is 33.2 Å². The number of aliphatic imine (C=N–C) groups is 1. The molecule has 26 heavy (non-hydrogen) atoms. The van der Waals surface area contributed by atoms with Crippen molar-refractivity contribution in [3.05, 3.63) is 0 Å². The first-order valence-corrected chi connectivity index (χ1v) is 10.9. The number of rotatable bonds is 10. The summed E-state index contributed by atoms with van der Waals surface area (Å²) in [6.45, 7) is 11.6. The minimum absolute atomic E-state index is 0.0620. The second kappa shape index (κ2) is 13.1. The van der Waals surface area contributed by atoms with E-state index >= 15 is 0 Å². The molecule has 0 radical (unpaired) electrons. The fraction of sp³-hybridized carbons (Fsp3) is 0.895. The number of amides is 1. The van der Waals surface area contributed by atoms with E-state index in [0.717, 1.165) is 31.9 Å². The Morgan fingerprint density at radius 1 is 1.27 bits per heavy atom. The third-order valence-corrected chi connectivity index (χ3v) is 4.61. The van der Waals surface area contributed by atoms with E-state index in [1.54, 1.807) is 7.05 Å². The fourth-order valence-corrected chi connectivity index (χ4v) is 2.92. The van der Waals surface area contributed by atoms with Crippen LogP contribution in [0.15, 0.2) is 4.99 Å². The van der Waals surface area contributed by atoms with Gasteiger partial charge in [-0.2, -0.15) is 11.8 Å². The highest BCUT2D eigenvalue weighted by molar-refractivity contribution is 7.98. The molecular formula is C19H40N4O2S. The molecular weight excluding hydrogens is 348 g/mol. The van der Waals surface area contributed by atoms with Gasteiger partial charge in [-0.05, 0) is 58.0 Å². The van der Waals surface area contributed by atoms with E-state index in [-0.39, 0.29) is 12.1 Å². The number of nitrogens with one attached hydrogen (secondary N) is 2. The van der Waals surface area contributed by atoms with Crippen LogP contribution in [0.4, 0.5) is 4.79 Å². The van der Waals surface area contributed by atoms with Crippen molar-refractivity contribution in [1.29, 1.82) is 0 Å². The lowest BCUT2D eigenvalue weighted by atomic mass is 10.0. The van der Waals surface area contributed by atoms with Crippen LogP contribution in [0.1, 0.15) is 53.9 Å². The van der Waals surface area contributed by atoms with E-state index in [4.69, 9.17) is 4.74 Å². The average Bonchev–Trinajstić information content (AvgIpc) is 2.52. The third kappa shape index (κ3) is 12.3. The van der Waals surface area contributed by atoms with Crippen molar-refractivity contribution >= 4 is 23.8 Å². The Hall–Kier alpha value is -1.11. The second-order valence-corrected chi connectivity index (χ2v) is 8.87. The normalized spacial score (nSPS) is 13.5. The quantitative estimate of drug-likeness (QED) is 0.340. The van der Waals surface area contributed by atoms with Crippen LogP contribution in [0.25, 0.3) is 0 Å². The van der Waals surface area contributed by atoms with Crippen LogP contribution in [0.3, 0.4) is 0 Å². The Kier molecular flexibility index (Phi) is 12.6. The van der Waals surface area contributed by atoms with Crippen molar-refractivity contribution in [2.75, 3.05) is 39.2 Å². The molecule has 154 valence electrons. The minimum Gasteiger partial charge on any atom is -0.444 e. The summed E-state index contributed by atoms with van der Waals surface area (Å²) in [5.74, 6) is 2.43. The van der Waals surface area contributed by atoms with Crippen LogP contribution in [0.5, 0.6) is 0 Å². The number of hydrogen-bond donors (Lipinski definition) is 2. The van der Waals surface area contributed by atoms with Gasteiger partial charge in [-0.3, -0.25) is 4.99 Å². The van der Waals surface area contributed by atoms with Gasteiger partial charge in [0.2, 0.25) is 0 Å². The van der Waals surface area contributed by atoms with Crippen LogP contribution < -0.4 is 10.6 Å². The number of nitrogens with zero attached hydrogens (tertiary/aromatic N) is 2. The fourth-order valence-electron chi connectivity index (χ4n) is 2.43. The number of ether oxygens (including phenoxy) is 1. The summed E-state index contributed by atoms with van der Waals surface area (Å²) in [4.78, 5) is 18.5. The highest BCUT2D eigenvalue weighted by Crippen LogP contribution is 2.11. The summed E-state index contributed by atoms with van der Waals surface area (Å²) < 4.78 is 5.38. The van der Waals surface area contributed by atoms with Gasteiger partial charge in [-0.1, -0.05) is 13.8 Å². The lowest BCUT2D eigenvalue weighted by Gasteiger charge is -2.28. The average molecular weight is 389 g/mol. The molecule has 7 heteroatoms. The number of thioether (sulfide) groups is 1. The van der Waals surface area contributed by atoms with Gasteiger partial charge in [0.1, 0.15) is 5.60 Å². The summed E-state index contributed by atoms with van der Waals surface area (Å²) in [6.07, 6.45) is 4.97. The SMILES string of the molecule is CN=C(NCCCCSC)N(C)CCC(NC(=O)OC(C)(C)C)C(C)C. The minimum atomic E-state index is -0.482. The molecule has 1 atom stereocenters. The van der Waals surface area contributed by atoms with E-state index in [0.29, 0.717) is 5.92 Å². The van der Waals surface area contributed by atoms with Crippen molar-refractivity contribution < 1.29 is 9.53 Å². The first-order valence-electron chi connectivity index (χ1n) is 9.51. The molecule has 0 aliphatic heterocycles. The molecule has 0 aliphatic carbocycles. The zero-order valence-electron chi connectivity index (χ0n) is 18.0. The molecule has 0 spiro atoms. The highest BCUT2D eigenvalue weighted by Gasteiger charge is 2.22. The van der Waals surface area contributed by atoms with Gasteiger partial charge in [0.25, 0.3) is 0 Å². The van der Waals surface area contributed by atoms with Crippen molar-refractivity contribution in [3.63, 3.8) is 0 Å². The van der Waals surface area contributed by atoms with Crippen LogP contribution in [0, 0.1) is 5.92 Å². The van der Waals surface area contributed by atoms with Crippen molar-refractivity contribution in [2.45, 2.75) is 65.5 Å². The molecule has 6 nitrogen and oxygen atoms in total. The number of hydrogen-bond acceptors (Lipinski definition) is 4. The van der Waals surface area contributed by atoms with Crippen molar-refractivity contribution in [1.82, 2.24) is 15.5 Å². The van der Waals surface area contributed by atoms with Gasteiger partial charge < -0.3 is 20.3 Å². The lowest BCUT2D eigenvalue weighted by molar-refractivity contribution is 0.0486. The number of alkyl carbamates (subject to hydrolysis) is 1. The number of unbranched alkanes of at least 4 members (excludes halogenated alkanes) is 1. The first kappa shape index (κ1) is 24.9. The Morgan fingerprint density at radius 3 is 2.42 bits per heavy atom. The molecule has 0 bridgehead atoms. The summed E-state index contributed by atoms with van der Waals surface area (Å²) in [5, 5.41) is 6.41. The Balaban J connectivity index is 4.41. The molecule has 1 amide bonds. The molecule has 0 aliphatic rings. The molecule has 0 saturated carbocycles. The van der Waals surface area contributed by atoms with Crippen LogP contribution in [-0.4, -0.2) is 67.8 Å². The monoisotopic (exact) mass is 388 g/mol. The molecule has 2 N–H and O–H groups in total. The summed E-state index contributed by atoms with van der Waals surface area (Å²) in [5.41, 5.74) is -0.482. The number of carbonyl (C=O) groups is 1. The third-order valence-electron chi connectivity index (χ3n) is 3.91. The van der Waals surface area contributed by atoms with Crippen molar-refractivity contribution in [3.8, 4) is 0 Å². The van der Waals surface area contributed by atoms with Crippen LogP contribution in [0.2, 0.25) is 0 Å². The van der Waals surface area contributed by atoms with Gasteiger partial charge in [0.05, 0.1) is 0 Å². The predicted octanol–water partition coefficient (Wildman–Crippen LogP) is 3.58. The molecule has 0 saturated heterocycles. The Morgan fingerprint density at radius 2 is 1.92 bits per heavy atom. The summed E-state index contributed by atoms with van der Waals surface area (Å²) in [6, 6.07) is 0.0620. The smallest absolute Gasteiger partial charge is 0.407 e. The molecule has 0 aromatic rings. The van der Waals surface area contributed by atoms with Gasteiger partial charge >= 0.3 is 6.09 Å². The largest absolute Gasteiger partial charge is 0.444 e. The molecule has 0 aromatic heterocycles. The molecule has 0 fully saturated rings. The maximum Gasteiger partial charge on any atom is 0.407 e.